The lowest BCUT2D eigenvalue weighted by atomic mass is 9.81. The Kier molecular flexibility index (Phi) is 7.75. The largest absolute Gasteiger partial charge is 0.376 e. The van der Waals surface area contributed by atoms with E-state index < -0.39 is 11.6 Å². The summed E-state index contributed by atoms with van der Waals surface area (Å²) in [7, 11) is 1.65. The number of rotatable bonds is 4. The van der Waals surface area contributed by atoms with E-state index in [1.165, 1.54) is 12.1 Å². The first-order chi connectivity index (χ1) is 11.8. The molecule has 3 heteroatoms. The monoisotopic (exact) mass is 348 g/mol. The molecule has 0 bridgehead atoms. The highest BCUT2D eigenvalue weighted by Crippen LogP contribution is 2.41. The third-order valence-corrected chi connectivity index (χ3v) is 4.05. The minimum atomic E-state index is -0.448. The van der Waals surface area contributed by atoms with Gasteiger partial charge in [0.2, 0.25) is 0 Å². The Morgan fingerprint density at radius 3 is 2.12 bits per heavy atom. The van der Waals surface area contributed by atoms with Crippen molar-refractivity contribution in [1.82, 2.24) is 0 Å². The van der Waals surface area contributed by atoms with Gasteiger partial charge in [-0.25, -0.2) is 8.78 Å². The van der Waals surface area contributed by atoms with Crippen LogP contribution in [0.25, 0.3) is 11.1 Å². The highest BCUT2D eigenvalue weighted by Gasteiger charge is 2.29. The van der Waals surface area contributed by atoms with Crippen LogP contribution in [0.3, 0.4) is 0 Å². The molecule has 0 N–H and O–H groups in total. The molecule has 0 fully saturated rings. The maximum absolute atomic E-state index is 14.3. The Morgan fingerprint density at radius 2 is 1.60 bits per heavy atom. The maximum atomic E-state index is 14.3. The molecule has 2 rings (SSSR count). The van der Waals surface area contributed by atoms with Gasteiger partial charge in [-0.3, -0.25) is 0 Å². The van der Waals surface area contributed by atoms with Gasteiger partial charge in [0.05, 0.1) is 6.10 Å². The number of halogens is 2. The van der Waals surface area contributed by atoms with Gasteiger partial charge in [-0.2, -0.15) is 0 Å². The van der Waals surface area contributed by atoms with Gasteiger partial charge in [0.25, 0.3) is 0 Å². The van der Waals surface area contributed by atoms with Crippen LogP contribution in [-0.4, -0.2) is 7.11 Å². The summed E-state index contributed by atoms with van der Waals surface area (Å²) in [6.07, 6.45) is 0.658. The molecule has 1 nitrogen and oxygen atoms in total. The first-order valence-corrected chi connectivity index (χ1v) is 8.89. The molecule has 0 radical (unpaired) electrons. The fourth-order valence-corrected chi connectivity index (χ4v) is 2.95. The predicted molar refractivity (Wildman–Crippen MR) is 102 cm³/mol. The van der Waals surface area contributed by atoms with Crippen molar-refractivity contribution < 1.29 is 13.5 Å². The van der Waals surface area contributed by atoms with E-state index in [0.29, 0.717) is 5.56 Å². The van der Waals surface area contributed by atoms with Crippen LogP contribution in [0, 0.1) is 17.0 Å². The van der Waals surface area contributed by atoms with Crippen molar-refractivity contribution in [3.05, 3.63) is 59.2 Å². The van der Waals surface area contributed by atoms with Gasteiger partial charge in [0.15, 0.2) is 0 Å². The van der Waals surface area contributed by atoms with Crippen molar-refractivity contribution in [2.24, 2.45) is 5.41 Å². The fourth-order valence-electron chi connectivity index (χ4n) is 2.95. The van der Waals surface area contributed by atoms with Gasteiger partial charge in [-0.15, -0.1) is 0 Å². The van der Waals surface area contributed by atoms with Crippen molar-refractivity contribution in [2.75, 3.05) is 7.11 Å². The molecule has 0 amide bonds. The number of benzene rings is 2. The summed E-state index contributed by atoms with van der Waals surface area (Å²) in [4.78, 5) is 0. The molecule has 0 saturated heterocycles. The van der Waals surface area contributed by atoms with E-state index >= 15 is 0 Å². The molecule has 2 aromatic rings. The van der Waals surface area contributed by atoms with Crippen molar-refractivity contribution in [3.8, 4) is 11.1 Å². The molecule has 2 aromatic carbocycles. The summed E-state index contributed by atoms with van der Waals surface area (Å²) < 4.78 is 33.6. The second kappa shape index (κ2) is 9.10. The summed E-state index contributed by atoms with van der Waals surface area (Å²) in [5.74, 6) is -0.877. The Balaban J connectivity index is 0.00000151. The third-order valence-electron chi connectivity index (χ3n) is 4.05. The molecule has 0 aliphatic carbocycles. The van der Waals surface area contributed by atoms with Crippen LogP contribution < -0.4 is 0 Å². The maximum Gasteiger partial charge on any atom is 0.131 e. The van der Waals surface area contributed by atoms with Crippen LogP contribution in [-0.2, 0) is 11.2 Å². The minimum absolute atomic E-state index is 0.167. The quantitative estimate of drug-likeness (QED) is 0.580. The van der Waals surface area contributed by atoms with Gasteiger partial charge in [0.1, 0.15) is 11.6 Å². The molecule has 0 aromatic heterocycles. The van der Waals surface area contributed by atoms with Crippen LogP contribution in [0.1, 0.15) is 58.8 Å². The fraction of sp³-hybridized carbons (Fsp3) is 0.455. The number of methoxy groups -OCH3 is 1. The summed E-state index contributed by atoms with van der Waals surface area (Å²) in [5, 5.41) is 0. The SMILES string of the molecule is CC.CCc1ccc(-c2cc(F)ccc2F)c(C(OC)C(C)(C)C)c1. The Morgan fingerprint density at radius 1 is 0.960 bits per heavy atom. The lowest BCUT2D eigenvalue weighted by Gasteiger charge is -2.31. The molecule has 0 aliphatic rings. The summed E-state index contributed by atoms with van der Waals surface area (Å²) >= 11 is 0. The first-order valence-electron chi connectivity index (χ1n) is 8.89. The molecule has 25 heavy (non-hydrogen) atoms. The average Bonchev–Trinajstić information content (AvgIpc) is 2.58. The topological polar surface area (TPSA) is 9.23 Å². The average molecular weight is 348 g/mol. The van der Waals surface area contributed by atoms with Crippen LogP contribution in [0.2, 0.25) is 0 Å². The van der Waals surface area contributed by atoms with Crippen LogP contribution in [0.15, 0.2) is 36.4 Å². The minimum Gasteiger partial charge on any atom is -0.376 e. The summed E-state index contributed by atoms with van der Waals surface area (Å²) in [6, 6.07) is 9.41. The molecule has 0 heterocycles. The lowest BCUT2D eigenvalue weighted by Crippen LogP contribution is -2.21. The predicted octanol–water partition coefficient (Wildman–Crippen LogP) is 6.95. The van der Waals surface area contributed by atoms with Crippen molar-refractivity contribution in [1.29, 1.82) is 0 Å². The first kappa shape index (κ1) is 21.3. The van der Waals surface area contributed by atoms with E-state index in [0.717, 1.165) is 23.6 Å². The van der Waals surface area contributed by atoms with Gasteiger partial charge >= 0.3 is 0 Å². The van der Waals surface area contributed by atoms with Gasteiger partial charge in [-0.1, -0.05) is 59.7 Å². The highest BCUT2D eigenvalue weighted by molar-refractivity contribution is 5.69. The van der Waals surface area contributed by atoms with Crippen molar-refractivity contribution >= 4 is 0 Å². The van der Waals surface area contributed by atoms with Crippen LogP contribution in [0.4, 0.5) is 8.78 Å². The van der Waals surface area contributed by atoms with E-state index in [1.54, 1.807) is 7.11 Å². The lowest BCUT2D eigenvalue weighted by molar-refractivity contribution is 0.0155. The zero-order valence-corrected chi connectivity index (χ0v) is 16.4. The van der Waals surface area contributed by atoms with E-state index in [-0.39, 0.29) is 17.1 Å². The Bertz CT molecular complexity index is 687. The van der Waals surface area contributed by atoms with E-state index in [9.17, 15) is 8.78 Å². The van der Waals surface area contributed by atoms with Crippen LogP contribution >= 0.6 is 0 Å². The number of aryl methyl sites for hydroxylation is 1. The molecule has 138 valence electrons. The molecular formula is C22H30F2O. The number of ether oxygens (including phenoxy) is 1. The van der Waals surface area contributed by atoms with Crippen molar-refractivity contribution in [3.63, 3.8) is 0 Å². The van der Waals surface area contributed by atoms with Gasteiger partial charge in [-0.05, 0) is 46.7 Å². The zero-order valence-electron chi connectivity index (χ0n) is 16.4. The van der Waals surface area contributed by atoms with E-state index in [2.05, 4.69) is 27.7 Å². The molecular weight excluding hydrogens is 318 g/mol. The Labute approximate surface area is 151 Å². The van der Waals surface area contributed by atoms with Gasteiger partial charge in [0, 0.05) is 12.7 Å². The standard InChI is InChI=1S/C20H24F2O.C2H6/c1-6-13-7-9-15(16-12-14(21)8-10-18(16)22)17(11-13)19(23-5)20(2,3)4;1-2/h7-12,19H,6H2,1-5H3;1-2H3. The highest BCUT2D eigenvalue weighted by atomic mass is 19.1. The summed E-state index contributed by atoms with van der Waals surface area (Å²) in [6.45, 7) is 12.3. The number of hydrogen-bond donors (Lipinski definition) is 0. The second-order valence-electron chi connectivity index (χ2n) is 6.88. The molecule has 1 unspecified atom stereocenters. The van der Waals surface area contributed by atoms with E-state index in [1.807, 2.05) is 32.0 Å². The molecule has 0 spiro atoms. The molecule has 0 saturated carbocycles. The zero-order chi connectivity index (χ0) is 19.2. The Hall–Kier alpha value is -1.74. The second-order valence-corrected chi connectivity index (χ2v) is 6.88. The number of hydrogen-bond acceptors (Lipinski definition) is 1. The smallest absolute Gasteiger partial charge is 0.131 e. The molecule has 1 atom stereocenters. The van der Waals surface area contributed by atoms with Crippen LogP contribution in [0.5, 0.6) is 0 Å². The summed E-state index contributed by atoms with van der Waals surface area (Å²) in [5.41, 5.74) is 2.82. The normalized spacial score (nSPS) is 12.4. The molecule has 0 aliphatic heterocycles. The van der Waals surface area contributed by atoms with Gasteiger partial charge < -0.3 is 4.74 Å². The van der Waals surface area contributed by atoms with Crippen molar-refractivity contribution in [2.45, 2.75) is 54.1 Å². The van der Waals surface area contributed by atoms with E-state index in [4.69, 9.17) is 4.74 Å². The third kappa shape index (κ3) is 5.12.